The fraction of sp³-hybridized carbons (Fsp3) is 0.636. The monoisotopic (exact) mass is 208 g/mol. The van der Waals surface area contributed by atoms with Crippen LogP contribution in [-0.4, -0.2) is 28.6 Å². The van der Waals surface area contributed by atoms with E-state index in [0.717, 1.165) is 18.7 Å². The fourth-order valence-electron chi connectivity index (χ4n) is 1.20. The van der Waals surface area contributed by atoms with Crippen LogP contribution in [0, 0.1) is 0 Å². The van der Waals surface area contributed by atoms with E-state index in [1.165, 1.54) is 0 Å². The highest BCUT2D eigenvalue weighted by atomic mass is 15.0. The molecule has 2 N–H and O–H groups in total. The van der Waals surface area contributed by atoms with E-state index in [9.17, 15) is 0 Å². The van der Waals surface area contributed by atoms with Crippen molar-refractivity contribution in [3.63, 3.8) is 0 Å². The van der Waals surface area contributed by atoms with Gasteiger partial charge in [0.05, 0.1) is 0 Å². The Labute approximate surface area is 91.5 Å². The van der Waals surface area contributed by atoms with Crippen molar-refractivity contribution in [1.29, 1.82) is 0 Å². The summed E-state index contributed by atoms with van der Waals surface area (Å²) in [7, 11) is 0. The molecule has 0 fully saturated rings. The van der Waals surface area contributed by atoms with Gasteiger partial charge in [0, 0.05) is 43.1 Å². The highest BCUT2D eigenvalue weighted by Crippen LogP contribution is 1.93. The molecule has 15 heavy (non-hydrogen) atoms. The van der Waals surface area contributed by atoms with E-state index < -0.39 is 0 Å². The van der Waals surface area contributed by atoms with Gasteiger partial charge in [0.25, 0.3) is 0 Å². The van der Waals surface area contributed by atoms with Crippen molar-refractivity contribution in [3.8, 4) is 0 Å². The standard InChI is InChI=1S/C11H20N4/c1-9(2)14-4-10(3)15-7-11-5-12-8-13-6-11/h5-6,8-10,14-15H,4,7H2,1-3H3. The highest BCUT2D eigenvalue weighted by molar-refractivity contribution is 5.01. The Balaban J connectivity index is 2.19. The average Bonchev–Trinajstić information content (AvgIpc) is 2.25. The van der Waals surface area contributed by atoms with Gasteiger partial charge in [0.2, 0.25) is 0 Å². The summed E-state index contributed by atoms with van der Waals surface area (Å²) in [4.78, 5) is 7.94. The van der Waals surface area contributed by atoms with E-state index in [0.29, 0.717) is 12.1 Å². The van der Waals surface area contributed by atoms with E-state index in [2.05, 4.69) is 41.4 Å². The van der Waals surface area contributed by atoms with E-state index >= 15 is 0 Å². The smallest absolute Gasteiger partial charge is 0.115 e. The molecule has 0 saturated carbocycles. The van der Waals surface area contributed by atoms with Crippen LogP contribution in [-0.2, 0) is 6.54 Å². The summed E-state index contributed by atoms with van der Waals surface area (Å²) in [6.07, 6.45) is 5.22. The second-order valence-corrected chi connectivity index (χ2v) is 4.09. The maximum absolute atomic E-state index is 3.97. The zero-order chi connectivity index (χ0) is 11.1. The van der Waals surface area contributed by atoms with Gasteiger partial charge >= 0.3 is 0 Å². The van der Waals surface area contributed by atoms with E-state index in [1.54, 1.807) is 6.33 Å². The maximum Gasteiger partial charge on any atom is 0.115 e. The molecule has 84 valence electrons. The lowest BCUT2D eigenvalue weighted by Crippen LogP contribution is -2.38. The Morgan fingerprint density at radius 3 is 2.40 bits per heavy atom. The van der Waals surface area contributed by atoms with Crippen molar-refractivity contribution in [2.24, 2.45) is 0 Å². The SMILES string of the molecule is CC(C)NCC(C)NCc1cncnc1. The molecule has 4 nitrogen and oxygen atoms in total. The Morgan fingerprint density at radius 1 is 1.13 bits per heavy atom. The third kappa shape index (κ3) is 5.44. The van der Waals surface area contributed by atoms with Gasteiger partial charge in [-0.15, -0.1) is 0 Å². The first-order chi connectivity index (χ1) is 7.18. The molecule has 1 unspecified atom stereocenters. The fourth-order valence-corrected chi connectivity index (χ4v) is 1.20. The first-order valence-corrected chi connectivity index (χ1v) is 5.39. The lowest BCUT2D eigenvalue weighted by molar-refractivity contribution is 0.473. The van der Waals surface area contributed by atoms with Crippen LogP contribution in [0.15, 0.2) is 18.7 Å². The number of nitrogens with zero attached hydrogens (tertiary/aromatic N) is 2. The van der Waals surface area contributed by atoms with Crippen LogP contribution in [0.4, 0.5) is 0 Å². The second-order valence-electron chi connectivity index (χ2n) is 4.09. The quantitative estimate of drug-likeness (QED) is 0.731. The van der Waals surface area contributed by atoms with Crippen molar-refractivity contribution in [2.75, 3.05) is 6.54 Å². The summed E-state index contributed by atoms with van der Waals surface area (Å²) >= 11 is 0. The summed E-state index contributed by atoms with van der Waals surface area (Å²) in [5, 5.41) is 6.80. The molecule has 1 atom stereocenters. The summed E-state index contributed by atoms with van der Waals surface area (Å²) in [6.45, 7) is 8.27. The molecule has 1 aromatic heterocycles. The molecule has 0 bridgehead atoms. The van der Waals surface area contributed by atoms with Crippen LogP contribution in [0.1, 0.15) is 26.3 Å². The molecule has 4 heteroatoms. The van der Waals surface area contributed by atoms with Gasteiger partial charge in [-0.25, -0.2) is 9.97 Å². The van der Waals surface area contributed by atoms with Crippen molar-refractivity contribution in [3.05, 3.63) is 24.3 Å². The summed E-state index contributed by atoms with van der Waals surface area (Å²) in [5.41, 5.74) is 1.12. The third-order valence-corrected chi connectivity index (χ3v) is 2.10. The largest absolute Gasteiger partial charge is 0.313 e. The van der Waals surface area contributed by atoms with Crippen LogP contribution in [0.25, 0.3) is 0 Å². The predicted molar refractivity (Wildman–Crippen MR) is 61.5 cm³/mol. The average molecular weight is 208 g/mol. The number of rotatable bonds is 6. The molecular weight excluding hydrogens is 188 g/mol. The minimum Gasteiger partial charge on any atom is -0.313 e. The number of aromatic nitrogens is 2. The zero-order valence-corrected chi connectivity index (χ0v) is 9.70. The van der Waals surface area contributed by atoms with Crippen LogP contribution in [0.5, 0.6) is 0 Å². The Bertz CT molecular complexity index is 261. The van der Waals surface area contributed by atoms with Crippen molar-refractivity contribution in [2.45, 2.75) is 39.4 Å². The highest BCUT2D eigenvalue weighted by Gasteiger charge is 2.02. The Kier molecular flexibility index (Phi) is 5.21. The second kappa shape index (κ2) is 6.48. The molecule has 0 spiro atoms. The number of hydrogen-bond acceptors (Lipinski definition) is 4. The van der Waals surface area contributed by atoms with Gasteiger partial charge in [0.15, 0.2) is 0 Å². The third-order valence-electron chi connectivity index (χ3n) is 2.10. The van der Waals surface area contributed by atoms with Crippen molar-refractivity contribution in [1.82, 2.24) is 20.6 Å². The predicted octanol–water partition coefficient (Wildman–Crippen LogP) is 0.953. The zero-order valence-electron chi connectivity index (χ0n) is 9.70. The summed E-state index contributed by atoms with van der Waals surface area (Å²) in [6, 6.07) is 0.988. The molecule has 1 heterocycles. The Morgan fingerprint density at radius 2 is 1.80 bits per heavy atom. The molecule has 0 aliphatic rings. The topological polar surface area (TPSA) is 49.8 Å². The molecule has 0 aromatic carbocycles. The number of hydrogen-bond donors (Lipinski definition) is 2. The maximum atomic E-state index is 3.97. The lowest BCUT2D eigenvalue weighted by Gasteiger charge is -2.16. The van der Waals surface area contributed by atoms with Gasteiger partial charge in [-0.2, -0.15) is 0 Å². The van der Waals surface area contributed by atoms with Gasteiger partial charge in [-0.05, 0) is 6.92 Å². The first kappa shape index (κ1) is 12.1. The van der Waals surface area contributed by atoms with Gasteiger partial charge < -0.3 is 10.6 Å². The van der Waals surface area contributed by atoms with Gasteiger partial charge in [-0.1, -0.05) is 13.8 Å². The molecule has 1 rings (SSSR count). The van der Waals surface area contributed by atoms with Gasteiger partial charge in [0.1, 0.15) is 6.33 Å². The molecule has 0 amide bonds. The molecule has 1 aromatic rings. The van der Waals surface area contributed by atoms with Gasteiger partial charge in [-0.3, -0.25) is 0 Å². The van der Waals surface area contributed by atoms with Crippen LogP contribution >= 0.6 is 0 Å². The molecule has 0 saturated heterocycles. The number of nitrogens with one attached hydrogen (secondary N) is 2. The first-order valence-electron chi connectivity index (χ1n) is 5.39. The van der Waals surface area contributed by atoms with E-state index in [4.69, 9.17) is 0 Å². The summed E-state index contributed by atoms with van der Waals surface area (Å²) < 4.78 is 0. The van der Waals surface area contributed by atoms with Crippen molar-refractivity contribution >= 4 is 0 Å². The minimum absolute atomic E-state index is 0.451. The molecule has 0 radical (unpaired) electrons. The normalized spacial score (nSPS) is 13.1. The van der Waals surface area contributed by atoms with E-state index in [1.807, 2.05) is 12.4 Å². The minimum atomic E-state index is 0.451. The van der Waals surface area contributed by atoms with E-state index in [-0.39, 0.29) is 0 Å². The van der Waals surface area contributed by atoms with Crippen molar-refractivity contribution < 1.29 is 0 Å². The van der Waals surface area contributed by atoms with Crippen LogP contribution in [0.2, 0.25) is 0 Å². The van der Waals surface area contributed by atoms with Crippen LogP contribution in [0.3, 0.4) is 0 Å². The molecular formula is C11H20N4. The summed E-state index contributed by atoms with van der Waals surface area (Å²) in [5.74, 6) is 0. The molecule has 0 aliphatic heterocycles. The molecule has 0 aliphatic carbocycles. The van der Waals surface area contributed by atoms with Crippen LogP contribution < -0.4 is 10.6 Å². The lowest BCUT2D eigenvalue weighted by atomic mass is 10.2. The Hall–Kier alpha value is -1.00.